The van der Waals surface area contributed by atoms with E-state index >= 15 is 0 Å². The first-order valence-corrected chi connectivity index (χ1v) is 7.70. The smallest absolute Gasteiger partial charge is 0.341 e. The van der Waals surface area contributed by atoms with Crippen molar-refractivity contribution >= 4 is 5.97 Å². The van der Waals surface area contributed by atoms with Gasteiger partial charge in [-0.3, -0.25) is 0 Å². The van der Waals surface area contributed by atoms with Gasteiger partial charge in [0.1, 0.15) is 11.3 Å². The zero-order valence-electron chi connectivity index (χ0n) is 12.4. The maximum absolute atomic E-state index is 11.7. The number of phenols is 1. The van der Waals surface area contributed by atoms with Gasteiger partial charge in [0.2, 0.25) is 0 Å². The van der Waals surface area contributed by atoms with Crippen LogP contribution >= 0.6 is 0 Å². The number of benzene rings is 1. The fourth-order valence-corrected chi connectivity index (χ4v) is 2.12. The minimum absolute atomic E-state index is 0.0200. The molecular formula is C17H26O3. The van der Waals surface area contributed by atoms with Crippen LogP contribution in [0.25, 0.3) is 0 Å². The minimum atomic E-state index is -0.439. The van der Waals surface area contributed by atoms with Crippen LogP contribution in [0.3, 0.4) is 0 Å². The normalized spacial score (nSPS) is 10.4. The second-order valence-electron chi connectivity index (χ2n) is 5.13. The molecule has 1 rings (SSSR count). The van der Waals surface area contributed by atoms with Gasteiger partial charge < -0.3 is 9.84 Å². The highest BCUT2D eigenvalue weighted by Gasteiger charge is 2.10. The molecule has 0 saturated carbocycles. The van der Waals surface area contributed by atoms with E-state index in [1.54, 1.807) is 18.2 Å². The molecule has 3 heteroatoms. The molecule has 0 aliphatic rings. The summed E-state index contributed by atoms with van der Waals surface area (Å²) >= 11 is 0. The lowest BCUT2D eigenvalue weighted by Crippen LogP contribution is -2.06. The van der Waals surface area contributed by atoms with E-state index in [4.69, 9.17) is 4.74 Å². The summed E-state index contributed by atoms with van der Waals surface area (Å²) in [5.74, 6) is -0.459. The maximum Gasteiger partial charge on any atom is 0.341 e. The fraction of sp³-hybridized carbons (Fsp3) is 0.588. The second kappa shape index (κ2) is 10.3. The quantitative estimate of drug-likeness (QED) is 0.499. The van der Waals surface area contributed by atoms with E-state index in [9.17, 15) is 9.90 Å². The first-order valence-electron chi connectivity index (χ1n) is 7.70. The van der Waals surface area contributed by atoms with Crippen molar-refractivity contribution in [3.05, 3.63) is 29.8 Å². The molecule has 0 bridgehead atoms. The van der Waals surface area contributed by atoms with E-state index in [0.717, 1.165) is 12.8 Å². The number of aromatic hydroxyl groups is 1. The Labute approximate surface area is 122 Å². The van der Waals surface area contributed by atoms with Crippen molar-refractivity contribution in [2.45, 2.75) is 58.3 Å². The number of ether oxygens (including phenoxy) is 1. The number of carbonyl (C=O) groups excluding carboxylic acids is 1. The Bertz CT molecular complexity index is 388. The second-order valence-corrected chi connectivity index (χ2v) is 5.13. The molecular weight excluding hydrogens is 252 g/mol. The van der Waals surface area contributed by atoms with Gasteiger partial charge in [0, 0.05) is 0 Å². The minimum Gasteiger partial charge on any atom is -0.507 e. The number of rotatable bonds is 10. The molecule has 0 aliphatic heterocycles. The van der Waals surface area contributed by atoms with Crippen molar-refractivity contribution in [3.63, 3.8) is 0 Å². The first kappa shape index (κ1) is 16.5. The molecule has 0 unspecified atom stereocenters. The Hall–Kier alpha value is -1.51. The van der Waals surface area contributed by atoms with Crippen LogP contribution in [0.1, 0.15) is 68.6 Å². The van der Waals surface area contributed by atoms with Crippen molar-refractivity contribution in [3.8, 4) is 5.75 Å². The highest BCUT2D eigenvalue weighted by molar-refractivity contribution is 5.92. The number of para-hydroxylation sites is 1. The van der Waals surface area contributed by atoms with Gasteiger partial charge >= 0.3 is 5.97 Å². The molecule has 112 valence electrons. The molecule has 0 radical (unpaired) electrons. The summed E-state index contributed by atoms with van der Waals surface area (Å²) in [6.45, 7) is 2.65. The zero-order chi connectivity index (χ0) is 14.6. The van der Waals surface area contributed by atoms with Crippen molar-refractivity contribution in [2.75, 3.05) is 6.61 Å². The van der Waals surface area contributed by atoms with Crippen molar-refractivity contribution < 1.29 is 14.6 Å². The van der Waals surface area contributed by atoms with E-state index in [1.807, 2.05) is 0 Å². The van der Waals surface area contributed by atoms with Crippen LogP contribution in [0.2, 0.25) is 0 Å². The summed E-state index contributed by atoms with van der Waals surface area (Å²) in [4.78, 5) is 11.7. The van der Waals surface area contributed by atoms with Crippen LogP contribution in [0.4, 0.5) is 0 Å². The van der Waals surface area contributed by atoms with Gasteiger partial charge in [0.05, 0.1) is 6.61 Å². The summed E-state index contributed by atoms with van der Waals surface area (Å²) < 4.78 is 5.16. The molecule has 0 fully saturated rings. The van der Waals surface area contributed by atoms with Crippen LogP contribution in [-0.4, -0.2) is 17.7 Å². The number of unbranched alkanes of at least 4 members (excludes halogenated alkanes) is 7. The van der Waals surface area contributed by atoms with Crippen LogP contribution in [0.15, 0.2) is 24.3 Å². The molecule has 1 aromatic carbocycles. The SMILES string of the molecule is CCCCCCCCCCOC(=O)c1ccccc1O. The largest absolute Gasteiger partial charge is 0.507 e. The molecule has 0 aromatic heterocycles. The Kier molecular flexibility index (Phi) is 8.52. The standard InChI is InChI=1S/C17H26O3/c1-2-3-4-5-6-7-8-11-14-20-17(19)15-12-9-10-13-16(15)18/h9-10,12-13,18H,2-8,11,14H2,1H3. The van der Waals surface area contributed by atoms with Gasteiger partial charge in [-0.05, 0) is 18.6 Å². The first-order chi connectivity index (χ1) is 9.75. The van der Waals surface area contributed by atoms with Gasteiger partial charge in [-0.15, -0.1) is 0 Å². The number of esters is 1. The molecule has 1 aromatic rings. The third-order valence-electron chi connectivity index (χ3n) is 3.36. The third-order valence-corrected chi connectivity index (χ3v) is 3.36. The lowest BCUT2D eigenvalue weighted by Gasteiger charge is -2.06. The summed E-state index contributed by atoms with van der Waals surface area (Å²) in [6, 6.07) is 6.47. The molecule has 1 N–H and O–H groups in total. The van der Waals surface area contributed by atoms with Gasteiger partial charge in [-0.2, -0.15) is 0 Å². The van der Waals surface area contributed by atoms with Crippen LogP contribution in [-0.2, 0) is 4.74 Å². The highest BCUT2D eigenvalue weighted by Crippen LogP contribution is 2.16. The molecule has 0 saturated heterocycles. The van der Waals surface area contributed by atoms with Gasteiger partial charge in [0.15, 0.2) is 0 Å². The number of phenolic OH excluding ortho intramolecular Hbond substituents is 1. The predicted molar refractivity (Wildman–Crippen MR) is 81.0 cm³/mol. The van der Waals surface area contributed by atoms with Gasteiger partial charge in [-0.25, -0.2) is 4.79 Å². The summed E-state index contributed by atoms with van der Waals surface area (Å²) in [5, 5.41) is 9.52. The zero-order valence-corrected chi connectivity index (χ0v) is 12.4. The number of hydrogen-bond donors (Lipinski definition) is 1. The Morgan fingerprint density at radius 1 is 1.00 bits per heavy atom. The van der Waals surface area contributed by atoms with Crippen molar-refractivity contribution in [1.82, 2.24) is 0 Å². The average molecular weight is 278 g/mol. The molecule has 0 atom stereocenters. The van der Waals surface area contributed by atoms with E-state index < -0.39 is 5.97 Å². The molecule has 0 aliphatic carbocycles. The number of hydrogen-bond acceptors (Lipinski definition) is 3. The average Bonchev–Trinajstić information content (AvgIpc) is 2.46. The van der Waals surface area contributed by atoms with Crippen LogP contribution < -0.4 is 0 Å². The molecule has 0 amide bonds. The Morgan fingerprint density at radius 3 is 2.25 bits per heavy atom. The van der Waals surface area contributed by atoms with E-state index in [2.05, 4.69) is 6.92 Å². The topological polar surface area (TPSA) is 46.5 Å². The molecule has 0 heterocycles. The molecule has 20 heavy (non-hydrogen) atoms. The Balaban J connectivity index is 2.04. The monoisotopic (exact) mass is 278 g/mol. The summed E-state index contributed by atoms with van der Waals surface area (Å²) in [6.07, 6.45) is 9.73. The van der Waals surface area contributed by atoms with Gasteiger partial charge in [-0.1, -0.05) is 64.0 Å². The fourth-order valence-electron chi connectivity index (χ4n) is 2.12. The highest BCUT2D eigenvalue weighted by atomic mass is 16.5. The lowest BCUT2D eigenvalue weighted by molar-refractivity contribution is 0.0494. The van der Waals surface area contributed by atoms with Crippen molar-refractivity contribution in [1.29, 1.82) is 0 Å². The van der Waals surface area contributed by atoms with Crippen molar-refractivity contribution in [2.24, 2.45) is 0 Å². The third kappa shape index (κ3) is 6.60. The lowest BCUT2D eigenvalue weighted by atomic mass is 10.1. The Morgan fingerprint density at radius 2 is 1.60 bits per heavy atom. The molecule has 3 nitrogen and oxygen atoms in total. The molecule has 0 spiro atoms. The maximum atomic E-state index is 11.7. The number of carbonyl (C=O) groups is 1. The predicted octanol–water partition coefficient (Wildman–Crippen LogP) is 4.69. The summed E-state index contributed by atoms with van der Waals surface area (Å²) in [5.41, 5.74) is 0.243. The van der Waals surface area contributed by atoms with Gasteiger partial charge in [0.25, 0.3) is 0 Å². The van der Waals surface area contributed by atoms with E-state index in [1.165, 1.54) is 44.6 Å². The van der Waals surface area contributed by atoms with Crippen LogP contribution in [0.5, 0.6) is 5.75 Å². The van der Waals surface area contributed by atoms with Crippen LogP contribution in [0, 0.1) is 0 Å². The van der Waals surface area contributed by atoms with E-state index in [0.29, 0.717) is 6.61 Å². The van der Waals surface area contributed by atoms with E-state index in [-0.39, 0.29) is 11.3 Å². The summed E-state index contributed by atoms with van der Waals surface area (Å²) in [7, 11) is 0.